The number of anilines is 1. The van der Waals surface area contributed by atoms with Crippen molar-refractivity contribution in [3.05, 3.63) is 54.4 Å². The van der Waals surface area contributed by atoms with Crippen LogP contribution in [0.3, 0.4) is 0 Å². The van der Waals surface area contributed by atoms with Gasteiger partial charge in [0.1, 0.15) is 0 Å². The summed E-state index contributed by atoms with van der Waals surface area (Å²) in [6.45, 7) is 4.59. The molecule has 3 heterocycles. The predicted molar refractivity (Wildman–Crippen MR) is 107 cm³/mol. The van der Waals surface area contributed by atoms with E-state index in [9.17, 15) is 0 Å². The Morgan fingerprint density at radius 1 is 1.15 bits per heavy atom. The molecule has 1 aliphatic rings. The van der Waals surface area contributed by atoms with E-state index in [1.165, 1.54) is 10.9 Å². The van der Waals surface area contributed by atoms with Crippen LogP contribution in [-0.2, 0) is 10.4 Å². The quantitative estimate of drug-likeness (QED) is 0.748. The van der Waals surface area contributed by atoms with Gasteiger partial charge in [0.15, 0.2) is 11.6 Å². The van der Waals surface area contributed by atoms with Gasteiger partial charge < -0.3 is 19.5 Å². The number of piperazine rings is 1. The molecule has 0 saturated carbocycles. The number of fused-ring (bicyclic) bond motifs is 1. The molecule has 6 heteroatoms. The first-order chi connectivity index (χ1) is 13.2. The summed E-state index contributed by atoms with van der Waals surface area (Å²) in [5.41, 5.74) is 2.11. The van der Waals surface area contributed by atoms with Crippen LogP contribution in [0.4, 0.5) is 5.82 Å². The maximum absolute atomic E-state index is 5.85. The van der Waals surface area contributed by atoms with Crippen molar-refractivity contribution in [1.82, 2.24) is 15.0 Å². The van der Waals surface area contributed by atoms with E-state index in [0.29, 0.717) is 0 Å². The van der Waals surface area contributed by atoms with E-state index in [-0.39, 0.29) is 5.54 Å². The number of aromatic amines is 1. The molecule has 3 aromatic rings. The minimum Gasteiger partial charge on any atom is -0.493 e. The Labute approximate surface area is 159 Å². The van der Waals surface area contributed by atoms with Crippen LogP contribution < -0.4 is 9.64 Å². The molecule has 0 spiro atoms. The van der Waals surface area contributed by atoms with E-state index < -0.39 is 0 Å². The first kappa shape index (κ1) is 17.8. The average molecular weight is 366 g/mol. The van der Waals surface area contributed by atoms with E-state index in [2.05, 4.69) is 57.3 Å². The highest BCUT2D eigenvalue weighted by Crippen LogP contribution is 2.41. The van der Waals surface area contributed by atoms with Crippen LogP contribution in [0, 0.1) is 0 Å². The van der Waals surface area contributed by atoms with Gasteiger partial charge in [-0.1, -0.05) is 25.1 Å². The molecule has 0 radical (unpaired) electrons. The van der Waals surface area contributed by atoms with Crippen LogP contribution in [0.25, 0.3) is 10.9 Å². The number of nitrogens with zero attached hydrogens (tertiary/aromatic N) is 3. The fraction of sp³-hybridized carbons (Fsp3) is 0.381. The van der Waals surface area contributed by atoms with Crippen molar-refractivity contribution in [2.24, 2.45) is 0 Å². The Balaban J connectivity index is 1.81. The highest BCUT2D eigenvalue weighted by atomic mass is 16.7. The Bertz CT molecular complexity index is 925. The number of benzene rings is 1. The van der Waals surface area contributed by atoms with Gasteiger partial charge in [0, 0.05) is 48.5 Å². The molecule has 6 nitrogen and oxygen atoms in total. The highest BCUT2D eigenvalue weighted by molar-refractivity contribution is 5.84. The Hall–Kier alpha value is -2.57. The first-order valence-electron chi connectivity index (χ1n) is 9.36. The van der Waals surface area contributed by atoms with Gasteiger partial charge in [0.2, 0.25) is 0 Å². The summed E-state index contributed by atoms with van der Waals surface area (Å²) in [6, 6.07) is 12.3. The number of hydroxylamine groups is 2. The molecule has 0 amide bonds. The van der Waals surface area contributed by atoms with Crippen LogP contribution in [0.1, 0.15) is 18.9 Å². The van der Waals surface area contributed by atoms with E-state index in [1.54, 1.807) is 14.2 Å². The molecule has 0 aliphatic carbocycles. The van der Waals surface area contributed by atoms with Gasteiger partial charge in [-0.05, 0) is 24.6 Å². The third kappa shape index (κ3) is 2.85. The maximum Gasteiger partial charge on any atom is 0.171 e. The largest absolute Gasteiger partial charge is 0.493 e. The zero-order chi connectivity index (χ0) is 18.9. The highest BCUT2D eigenvalue weighted by Gasteiger charge is 2.44. The van der Waals surface area contributed by atoms with Crippen LogP contribution >= 0.6 is 0 Å². The van der Waals surface area contributed by atoms with Gasteiger partial charge in [-0.25, -0.2) is 4.98 Å². The number of hydrogen-bond donors (Lipinski definition) is 1. The van der Waals surface area contributed by atoms with Gasteiger partial charge in [-0.15, -0.1) is 0 Å². The minimum absolute atomic E-state index is 0.283. The second kappa shape index (κ2) is 7.21. The predicted octanol–water partition coefficient (Wildman–Crippen LogP) is 3.56. The molecule has 1 saturated heterocycles. The number of para-hydroxylation sites is 1. The summed E-state index contributed by atoms with van der Waals surface area (Å²) >= 11 is 0. The number of rotatable bonds is 5. The lowest BCUT2D eigenvalue weighted by Gasteiger charge is -2.49. The van der Waals surface area contributed by atoms with Crippen molar-refractivity contribution in [1.29, 1.82) is 0 Å². The van der Waals surface area contributed by atoms with Crippen LogP contribution in [0.5, 0.6) is 5.75 Å². The van der Waals surface area contributed by atoms with Crippen molar-refractivity contribution in [2.45, 2.75) is 18.9 Å². The molecule has 4 rings (SSSR count). The number of aromatic nitrogens is 2. The number of hydrogen-bond acceptors (Lipinski definition) is 5. The van der Waals surface area contributed by atoms with Gasteiger partial charge in [-0.3, -0.25) is 0 Å². The van der Waals surface area contributed by atoms with Gasteiger partial charge in [0.05, 0.1) is 19.8 Å². The summed E-state index contributed by atoms with van der Waals surface area (Å²) in [5.74, 6) is 1.68. The fourth-order valence-electron chi connectivity index (χ4n) is 4.28. The SMILES string of the molecule is CCC1(c2c[nH]c3ccccc23)CN(c2ncccc2OC)CCN1OC. The fourth-order valence-corrected chi connectivity index (χ4v) is 4.28. The molecule has 1 atom stereocenters. The van der Waals surface area contributed by atoms with Gasteiger partial charge in [-0.2, -0.15) is 5.06 Å². The lowest BCUT2D eigenvalue weighted by molar-refractivity contribution is -0.212. The molecule has 1 aliphatic heterocycles. The van der Waals surface area contributed by atoms with Crippen molar-refractivity contribution in [3.8, 4) is 5.75 Å². The molecular formula is C21H26N4O2. The van der Waals surface area contributed by atoms with E-state index >= 15 is 0 Å². The topological polar surface area (TPSA) is 53.6 Å². The van der Waals surface area contributed by atoms with Gasteiger partial charge in [0.25, 0.3) is 0 Å². The first-order valence-corrected chi connectivity index (χ1v) is 9.36. The molecule has 1 fully saturated rings. The molecule has 0 bridgehead atoms. The number of methoxy groups -OCH3 is 1. The smallest absolute Gasteiger partial charge is 0.171 e. The van der Waals surface area contributed by atoms with Crippen molar-refractivity contribution in [2.75, 3.05) is 38.8 Å². The minimum atomic E-state index is -0.283. The molecule has 142 valence electrons. The van der Waals surface area contributed by atoms with Crippen molar-refractivity contribution < 1.29 is 9.57 Å². The summed E-state index contributed by atoms with van der Waals surface area (Å²) in [7, 11) is 3.45. The second-order valence-electron chi connectivity index (χ2n) is 6.87. The van der Waals surface area contributed by atoms with Crippen molar-refractivity contribution >= 4 is 16.7 Å². The molecule has 1 unspecified atom stereocenters. The summed E-state index contributed by atoms with van der Waals surface area (Å²) in [4.78, 5) is 16.2. The third-order valence-corrected chi connectivity index (χ3v) is 5.67. The zero-order valence-corrected chi connectivity index (χ0v) is 16.1. The zero-order valence-electron chi connectivity index (χ0n) is 16.1. The van der Waals surface area contributed by atoms with E-state index in [0.717, 1.165) is 43.1 Å². The number of pyridine rings is 1. The molecule has 2 aromatic heterocycles. The standard InChI is InChI=1S/C21H26N4O2/c1-4-21(17-14-23-18-9-6-5-8-16(17)18)15-24(12-13-25(21)27-3)20-19(26-2)10-7-11-22-20/h5-11,14,23H,4,12-13,15H2,1-3H3. The van der Waals surface area contributed by atoms with Crippen LogP contribution in [0.15, 0.2) is 48.8 Å². The number of nitrogens with one attached hydrogen (secondary N) is 1. The summed E-state index contributed by atoms with van der Waals surface area (Å²) < 4.78 is 5.56. The van der Waals surface area contributed by atoms with Crippen LogP contribution in [-0.4, -0.2) is 48.9 Å². The molecule has 1 aromatic carbocycles. The summed E-state index contributed by atoms with van der Waals surface area (Å²) in [5, 5.41) is 3.35. The average Bonchev–Trinajstić information content (AvgIpc) is 3.17. The van der Waals surface area contributed by atoms with Crippen molar-refractivity contribution in [3.63, 3.8) is 0 Å². The number of ether oxygens (including phenoxy) is 1. The van der Waals surface area contributed by atoms with E-state index in [4.69, 9.17) is 9.57 Å². The lowest BCUT2D eigenvalue weighted by atomic mass is 9.84. The Kier molecular flexibility index (Phi) is 4.76. The Morgan fingerprint density at radius 2 is 2.00 bits per heavy atom. The maximum atomic E-state index is 5.85. The molecular weight excluding hydrogens is 340 g/mol. The number of H-pyrrole nitrogens is 1. The molecule has 27 heavy (non-hydrogen) atoms. The normalized spacial score (nSPS) is 20.9. The summed E-state index contributed by atoms with van der Waals surface area (Å²) in [6.07, 6.45) is 4.85. The van der Waals surface area contributed by atoms with Crippen LogP contribution in [0.2, 0.25) is 0 Å². The monoisotopic (exact) mass is 366 g/mol. The molecule has 1 N–H and O–H groups in total. The lowest BCUT2D eigenvalue weighted by Crippen LogP contribution is -2.59. The second-order valence-corrected chi connectivity index (χ2v) is 6.87. The van der Waals surface area contributed by atoms with Gasteiger partial charge >= 0.3 is 0 Å². The Morgan fingerprint density at radius 3 is 2.78 bits per heavy atom. The third-order valence-electron chi connectivity index (χ3n) is 5.67. The van der Waals surface area contributed by atoms with E-state index in [1.807, 2.05) is 18.3 Å².